The minimum atomic E-state index is -0.239. The molecule has 1 aromatic carbocycles. The van der Waals surface area contributed by atoms with Crippen molar-refractivity contribution in [1.29, 1.82) is 0 Å². The predicted octanol–water partition coefficient (Wildman–Crippen LogP) is 2.96. The molecule has 2 amide bonds. The summed E-state index contributed by atoms with van der Waals surface area (Å²) in [6, 6.07) is 10.6. The quantitative estimate of drug-likeness (QED) is 0.805. The van der Waals surface area contributed by atoms with E-state index in [4.69, 9.17) is 0 Å². The molecule has 0 radical (unpaired) electrons. The Bertz CT molecular complexity index is 896. The van der Waals surface area contributed by atoms with Gasteiger partial charge in [-0.3, -0.25) is 14.5 Å². The van der Waals surface area contributed by atoms with Gasteiger partial charge in [-0.25, -0.2) is 4.98 Å². The number of hydrogen-bond acceptors (Lipinski definition) is 4. The number of carbonyl (C=O) groups is 2. The van der Waals surface area contributed by atoms with Crippen molar-refractivity contribution in [3.05, 3.63) is 59.8 Å². The van der Waals surface area contributed by atoms with Crippen LogP contribution >= 0.6 is 0 Å². The van der Waals surface area contributed by atoms with Crippen molar-refractivity contribution >= 4 is 29.0 Å². The lowest BCUT2D eigenvalue weighted by molar-refractivity contribution is -0.113. The number of piperidine rings is 1. The van der Waals surface area contributed by atoms with Gasteiger partial charge in [0.05, 0.1) is 16.9 Å². The summed E-state index contributed by atoms with van der Waals surface area (Å²) in [5, 5.41) is 2.85. The van der Waals surface area contributed by atoms with Gasteiger partial charge in [0.15, 0.2) is 5.82 Å². The summed E-state index contributed by atoms with van der Waals surface area (Å²) in [4.78, 5) is 33.9. The molecule has 2 aromatic rings. The Labute approximate surface area is 152 Å². The molecule has 3 heterocycles. The van der Waals surface area contributed by atoms with Gasteiger partial charge in [0.1, 0.15) is 0 Å². The lowest BCUT2D eigenvalue weighted by Gasteiger charge is -2.25. The van der Waals surface area contributed by atoms with Crippen molar-refractivity contribution in [3.8, 4) is 0 Å². The standard InChI is InChI=1S/C20H20N4O2/c1-23-11-8-14(9-12-23)13-18(25)24-17-7-3-2-5-15(17)20(26)22-16-6-4-10-21-19(16)24/h2-7,10,13H,8-9,11-12H2,1H3,(H,22,26). The van der Waals surface area contributed by atoms with Crippen LogP contribution in [0.1, 0.15) is 23.2 Å². The fraction of sp³-hybridized carbons (Fsp3) is 0.250. The van der Waals surface area contributed by atoms with Crippen LogP contribution in [0, 0.1) is 0 Å². The second kappa shape index (κ2) is 6.72. The molecule has 1 saturated heterocycles. The van der Waals surface area contributed by atoms with Gasteiger partial charge in [0.25, 0.3) is 11.8 Å². The van der Waals surface area contributed by atoms with E-state index >= 15 is 0 Å². The number of fused-ring (bicyclic) bond motifs is 2. The summed E-state index contributed by atoms with van der Waals surface area (Å²) < 4.78 is 0. The van der Waals surface area contributed by atoms with Gasteiger partial charge in [-0.2, -0.15) is 0 Å². The highest BCUT2D eigenvalue weighted by Gasteiger charge is 2.29. The van der Waals surface area contributed by atoms with Gasteiger partial charge >= 0.3 is 0 Å². The summed E-state index contributed by atoms with van der Waals surface area (Å²) in [6.07, 6.45) is 5.09. The first-order valence-corrected chi connectivity index (χ1v) is 8.71. The van der Waals surface area contributed by atoms with E-state index in [0.29, 0.717) is 22.8 Å². The van der Waals surface area contributed by atoms with Crippen molar-refractivity contribution in [2.24, 2.45) is 0 Å². The van der Waals surface area contributed by atoms with Crippen LogP contribution in [0.2, 0.25) is 0 Å². The van der Waals surface area contributed by atoms with E-state index in [2.05, 4.69) is 22.2 Å². The average Bonchev–Trinajstić information content (AvgIpc) is 2.77. The maximum Gasteiger partial charge on any atom is 0.257 e. The van der Waals surface area contributed by atoms with Crippen molar-refractivity contribution in [2.75, 3.05) is 30.4 Å². The average molecular weight is 348 g/mol. The fourth-order valence-electron chi connectivity index (χ4n) is 3.35. The molecule has 0 aliphatic carbocycles. The number of amides is 2. The largest absolute Gasteiger partial charge is 0.319 e. The molecule has 0 unspecified atom stereocenters. The zero-order valence-electron chi connectivity index (χ0n) is 14.6. The Morgan fingerprint density at radius 2 is 1.92 bits per heavy atom. The molecular weight excluding hydrogens is 328 g/mol. The molecule has 2 aliphatic rings. The van der Waals surface area contributed by atoms with Crippen molar-refractivity contribution in [2.45, 2.75) is 12.8 Å². The van der Waals surface area contributed by atoms with Gasteiger partial charge in [0.2, 0.25) is 0 Å². The molecule has 26 heavy (non-hydrogen) atoms. The van der Waals surface area contributed by atoms with Crippen LogP contribution in [0.3, 0.4) is 0 Å². The van der Waals surface area contributed by atoms with E-state index in [1.165, 1.54) is 4.90 Å². The van der Waals surface area contributed by atoms with Crippen LogP contribution in [-0.2, 0) is 4.79 Å². The van der Waals surface area contributed by atoms with E-state index < -0.39 is 0 Å². The monoisotopic (exact) mass is 348 g/mol. The molecule has 1 N–H and O–H groups in total. The predicted molar refractivity (Wildman–Crippen MR) is 101 cm³/mol. The molecule has 2 aliphatic heterocycles. The summed E-state index contributed by atoms with van der Waals surface area (Å²) in [5.41, 5.74) is 2.67. The second-order valence-electron chi connectivity index (χ2n) is 6.63. The highest BCUT2D eigenvalue weighted by molar-refractivity contribution is 6.18. The van der Waals surface area contributed by atoms with E-state index in [1.807, 2.05) is 6.07 Å². The number of aromatic nitrogens is 1. The number of anilines is 3. The number of rotatable bonds is 1. The third-order valence-electron chi connectivity index (χ3n) is 4.81. The van der Waals surface area contributed by atoms with Crippen LogP contribution in [0.4, 0.5) is 17.2 Å². The Morgan fingerprint density at radius 3 is 2.73 bits per heavy atom. The molecule has 0 spiro atoms. The molecule has 4 rings (SSSR count). The normalized spacial score (nSPS) is 17.0. The second-order valence-corrected chi connectivity index (χ2v) is 6.63. The van der Waals surface area contributed by atoms with Gasteiger partial charge in [-0.05, 0) is 44.2 Å². The van der Waals surface area contributed by atoms with Crippen LogP contribution in [0.25, 0.3) is 0 Å². The number of likely N-dealkylation sites (tertiary alicyclic amines) is 1. The minimum absolute atomic E-state index is 0.173. The van der Waals surface area contributed by atoms with E-state index in [9.17, 15) is 9.59 Å². The molecule has 1 fully saturated rings. The Morgan fingerprint density at radius 1 is 1.15 bits per heavy atom. The fourth-order valence-corrected chi connectivity index (χ4v) is 3.35. The van der Waals surface area contributed by atoms with Gasteiger partial charge in [-0.1, -0.05) is 17.7 Å². The summed E-state index contributed by atoms with van der Waals surface area (Å²) in [6.45, 7) is 1.90. The van der Waals surface area contributed by atoms with Gasteiger partial charge in [-0.15, -0.1) is 0 Å². The van der Waals surface area contributed by atoms with E-state index in [1.54, 1.807) is 42.6 Å². The summed E-state index contributed by atoms with van der Waals surface area (Å²) in [7, 11) is 2.08. The molecule has 132 valence electrons. The third-order valence-corrected chi connectivity index (χ3v) is 4.81. The number of pyridine rings is 1. The van der Waals surface area contributed by atoms with Crippen molar-refractivity contribution < 1.29 is 9.59 Å². The molecule has 0 bridgehead atoms. The van der Waals surface area contributed by atoms with E-state index in [0.717, 1.165) is 31.5 Å². The molecule has 6 nitrogen and oxygen atoms in total. The number of nitrogens with one attached hydrogen (secondary N) is 1. The smallest absolute Gasteiger partial charge is 0.257 e. The number of para-hydroxylation sites is 1. The molecule has 1 aromatic heterocycles. The van der Waals surface area contributed by atoms with Crippen molar-refractivity contribution in [1.82, 2.24) is 9.88 Å². The van der Waals surface area contributed by atoms with Gasteiger partial charge in [0, 0.05) is 25.4 Å². The van der Waals surface area contributed by atoms with Crippen LogP contribution < -0.4 is 10.2 Å². The molecule has 0 saturated carbocycles. The first-order valence-electron chi connectivity index (χ1n) is 8.71. The minimum Gasteiger partial charge on any atom is -0.319 e. The lowest BCUT2D eigenvalue weighted by Crippen LogP contribution is -2.29. The number of benzene rings is 1. The zero-order valence-corrected chi connectivity index (χ0v) is 14.6. The first kappa shape index (κ1) is 16.5. The number of carbonyl (C=O) groups excluding carboxylic acids is 2. The van der Waals surface area contributed by atoms with Crippen LogP contribution in [0.15, 0.2) is 54.2 Å². The number of nitrogens with zero attached hydrogens (tertiary/aromatic N) is 3. The molecule has 6 heteroatoms. The maximum absolute atomic E-state index is 13.2. The SMILES string of the molecule is CN1CCC(=CC(=O)N2c3ccccc3C(=O)Nc3cccnc32)CC1. The van der Waals surface area contributed by atoms with E-state index in [-0.39, 0.29) is 11.8 Å². The third kappa shape index (κ3) is 2.99. The lowest BCUT2D eigenvalue weighted by atomic mass is 10.0. The topological polar surface area (TPSA) is 65.5 Å². The Hall–Kier alpha value is -2.99. The first-order chi connectivity index (χ1) is 12.6. The Kier molecular flexibility index (Phi) is 4.26. The summed E-state index contributed by atoms with van der Waals surface area (Å²) >= 11 is 0. The Balaban J connectivity index is 1.79. The maximum atomic E-state index is 13.2. The zero-order chi connectivity index (χ0) is 18.1. The summed E-state index contributed by atoms with van der Waals surface area (Å²) in [5.74, 6) is 0.0334. The van der Waals surface area contributed by atoms with Gasteiger partial charge < -0.3 is 10.2 Å². The van der Waals surface area contributed by atoms with Crippen molar-refractivity contribution in [3.63, 3.8) is 0 Å². The highest BCUT2D eigenvalue weighted by atomic mass is 16.2. The highest BCUT2D eigenvalue weighted by Crippen LogP contribution is 2.36. The van der Waals surface area contributed by atoms with Crippen LogP contribution in [-0.4, -0.2) is 41.8 Å². The van der Waals surface area contributed by atoms with Crippen LogP contribution in [0.5, 0.6) is 0 Å². The molecule has 0 atom stereocenters. The molecular formula is C20H20N4O2. The number of hydrogen-bond donors (Lipinski definition) is 1.